The number of amides is 1. The maximum Gasteiger partial charge on any atom is 0.230 e. The monoisotopic (exact) mass is 389 g/mol. The molecule has 2 saturated heterocycles. The Hall–Kier alpha value is -1.69. The first-order chi connectivity index (χ1) is 12.5. The molecule has 0 unspecified atom stereocenters. The molecule has 1 saturated carbocycles. The van der Waals surface area contributed by atoms with Crippen molar-refractivity contribution in [2.75, 3.05) is 5.32 Å². The summed E-state index contributed by atoms with van der Waals surface area (Å²) in [5.41, 5.74) is 2.62. The van der Waals surface area contributed by atoms with Gasteiger partial charge in [-0.1, -0.05) is 23.2 Å². The van der Waals surface area contributed by atoms with Crippen molar-refractivity contribution < 1.29 is 9.53 Å². The smallest absolute Gasteiger partial charge is 0.230 e. The first-order valence-electron chi connectivity index (χ1n) is 8.73. The van der Waals surface area contributed by atoms with Crippen molar-refractivity contribution in [2.45, 2.75) is 31.5 Å². The first kappa shape index (κ1) is 16.5. The molecule has 2 bridgehead atoms. The molecule has 26 heavy (non-hydrogen) atoms. The Balaban J connectivity index is 1.45. The zero-order valence-corrected chi connectivity index (χ0v) is 15.5. The molecule has 2 aromatic rings. The molecule has 0 radical (unpaired) electrons. The van der Waals surface area contributed by atoms with E-state index in [9.17, 15) is 4.79 Å². The summed E-state index contributed by atoms with van der Waals surface area (Å²) < 4.78 is 6.21. The summed E-state index contributed by atoms with van der Waals surface area (Å²) in [6.45, 7) is 1.97. The van der Waals surface area contributed by atoms with Gasteiger partial charge in [0.2, 0.25) is 5.91 Å². The third-order valence-electron chi connectivity index (χ3n) is 5.82. The van der Waals surface area contributed by atoms with Crippen molar-refractivity contribution in [3.63, 3.8) is 0 Å². The zero-order valence-electron chi connectivity index (χ0n) is 14.0. The molecular weight excluding hydrogens is 373 g/mol. The summed E-state index contributed by atoms with van der Waals surface area (Å²) in [7, 11) is 0. The normalized spacial score (nSPS) is 33.8. The maximum atomic E-state index is 13.1. The Labute approximate surface area is 161 Å². The number of rotatable bonds is 3. The van der Waals surface area contributed by atoms with Crippen molar-refractivity contribution in [1.29, 1.82) is 0 Å². The number of aromatic nitrogens is 2. The van der Waals surface area contributed by atoms with Crippen LogP contribution in [0, 0.1) is 24.7 Å². The predicted octanol–water partition coefficient (Wildman–Crippen LogP) is 3.85. The standard InChI is InChI=1S/C19H17Cl2N3O2/c1-8-4-9(2-3-22-8)14-15(17-12-6-11(12)16(14)26-17)19(25)24-10-5-13(20)18(21)23-7-10/h2-5,7,11-12,14-17H,6H2,1H3,(H,24,25)/t11-,12+,14+,15-,16-,17+/m1/s1. The molecule has 5 nitrogen and oxygen atoms in total. The van der Waals surface area contributed by atoms with Gasteiger partial charge in [0.05, 0.1) is 35.0 Å². The Morgan fingerprint density at radius 3 is 2.81 bits per heavy atom. The third kappa shape index (κ3) is 2.53. The highest BCUT2D eigenvalue weighted by molar-refractivity contribution is 6.41. The Bertz CT molecular complexity index is 906. The quantitative estimate of drug-likeness (QED) is 0.809. The molecule has 134 valence electrons. The highest BCUT2D eigenvalue weighted by Crippen LogP contribution is 2.65. The second-order valence-corrected chi connectivity index (χ2v) is 8.16. The van der Waals surface area contributed by atoms with Gasteiger partial charge in [-0.3, -0.25) is 9.78 Å². The van der Waals surface area contributed by atoms with Crippen LogP contribution in [0.4, 0.5) is 5.69 Å². The van der Waals surface area contributed by atoms with E-state index in [1.165, 1.54) is 6.20 Å². The van der Waals surface area contributed by atoms with Crippen molar-refractivity contribution in [2.24, 2.45) is 17.8 Å². The number of nitrogens with zero attached hydrogens (tertiary/aromatic N) is 2. The largest absolute Gasteiger partial charge is 0.373 e. The molecule has 0 spiro atoms. The maximum absolute atomic E-state index is 13.1. The fourth-order valence-electron chi connectivity index (χ4n) is 4.68. The second-order valence-electron chi connectivity index (χ2n) is 7.40. The number of halogens is 2. The summed E-state index contributed by atoms with van der Waals surface area (Å²) in [6, 6.07) is 5.68. The number of nitrogens with one attached hydrogen (secondary N) is 1. The van der Waals surface area contributed by atoms with Crippen LogP contribution in [0.15, 0.2) is 30.6 Å². The van der Waals surface area contributed by atoms with Crippen LogP contribution in [0.3, 0.4) is 0 Å². The van der Waals surface area contributed by atoms with Crippen LogP contribution in [-0.4, -0.2) is 28.1 Å². The lowest BCUT2D eigenvalue weighted by Gasteiger charge is -2.27. The zero-order chi connectivity index (χ0) is 18.0. The minimum atomic E-state index is -0.222. The number of hydrogen-bond acceptors (Lipinski definition) is 4. The van der Waals surface area contributed by atoms with E-state index in [4.69, 9.17) is 27.9 Å². The highest BCUT2D eigenvalue weighted by atomic mass is 35.5. The predicted molar refractivity (Wildman–Crippen MR) is 98.3 cm³/mol. The molecular formula is C19H17Cl2N3O2. The fraction of sp³-hybridized carbons (Fsp3) is 0.421. The molecule has 1 amide bonds. The van der Waals surface area contributed by atoms with Crippen molar-refractivity contribution >= 4 is 34.8 Å². The Morgan fingerprint density at radius 2 is 2.04 bits per heavy atom. The van der Waals surface area contributed by atoms with E-state index in [1.807, 2.05) is 13.0 Å². The van der Waals surface area contributed by atoms with Crippen LogP contribution in [0.25, 0.3) is 0 Å². The SMILES string of the molecule is Cc1cc([C@@H]2[C@@H]3O[C@@H]([C@H]4C[C@H]43)[C@@H]2C(=O)Nc2cnc(Cl)c(Cl)c2)ccn1. The van der Waals surface area contributed by atoms with Crippen LogP contribution in [-0.2, 0) is 9.53 Å². The van der Waals surface area contributed by atoms with Crippen molar-refractivity contribution in [3.8, 4) is 0 Å². The van der Waals surface area contributed by atoms with Gasteiger partial charge in [-0.15, -0.1) is 0 Å². The van der Waals surface area contributed by atoms with Gasteiger partial charge in [0, 0.05) is 17.8 Å². The van der Waals surface area contributed by atoms with Crippen molar-refractivity contribution in [3.05, 3.63) is 52.0 Å². The molecule has 3 fully saturated rings. The van der Waals surface area contributed by atoms with Crippen LogP contribution < -0.4 is 5.32 Å². The third-order valence-corrected chi connectivity index (χ3v) is 6.50. The van der Waals surface area contributed by atoms with Gasteiger partial charge in [0.15, 0.2) is 0 Å². The number of ether oxygens (including phenoxy) is 1. The van der Waals surface area contributed by atoms with Crippen molar-refractivity contribution in [1.82, 2.24) is 9.97 Å². The molecule has 5 rings (SSSR count). The van der Waals surface area contributed by atoms with E-state index < -0.39 is 0 Å². The van der Waals surface area contributed by atoms with Gasteiger partial charge in [-0.2, -0.15) is 0 Å². The van der Waals surface area contributed by atoms with Gasteiger partial charge < -0.3 is 10.1 Å². The molecule has 3 aliphatic rings. The molecule has 6 atom stereocenters. The summed E-state index contributed by atoms with van der Waals surface area (Å²) in [5.74, 6) is 0.889. The Kier molecular flexibility index (Phi) is 3.75. The molecule has 2 aliphatic heterocycles. The van der Waals surface area contributed by atoms with E-state index in [-0.39, 0.29) is 35.1 Å². The first-order valence-corrected chi connectivity index (χ1v) is 9.48. The van der Waals surface area contributed by atoms with E-state index in [2.05, 4.69) is 21.4 Å². The minimum absolute atomic E-state index is 0.0146. The summed E-state index contributed by atoms with van der Waals surface area (Å²) >= 11 is 11.9. The molecule has 1 aliphatic carbocycles. The van der Waals surface area contributed by atoms with Crippen LogP contribution >= 0.6 is 23.2 Å². The van der Waals surface area contributed by atoms with Gasteiger partial charge in [0.1, 0.15) is 5.15 Å². The van der Waals surface area contributed by atoms with Crippen LogP contribution in [0.2, 0.25) is 10.2 Å². The molecule has 0 aromatic carbocycles. The average Bonchev–Trinajstić information content (AvgIpc) is 3.22. The molecule has 2 aromatic heterocycles. The lowest BCUT2D eigenvalue weighted by Crippen LogP contribution is -2.37. The van der Waals surface area contributed by atoms with E-state index in [0.29, 0.717) is 22.5 Å². The number of carbonyl (C=O) groups excluding carboxylic acids is 1. The second kappa shape index (κ2) is 5.91. The summed E-state index contributed by atoms with van der Waals surface area (Å²) in [5, 5.41) is 3.49. The topological polar surface area (TPSA) is 64.1 Å². The highest BCUT2D eigenvalue weighted by Gasteiger charge is 2.68. The number of carbonyl (C=O) groups is 1. The van der Waals surface area contributed by atoms with Gasteiger partial charge >= 0.3 is 0 Å². The lowest BCUT2D eigenvalue weighted by molar-refractivity contribution is -0.122. The van der Waals surface area contributed by atoms with Crippen LogP contribution in [0.1, 0.15) is 23.6 Å². The summed E-state index contributed by atoms with van der Waals surface area (Å²) in [4.78, 5) is 21.4. The Morgan fingerprint density at radius 1 is 1.23 bits per heavy atom. The number of hydrogen-bond donors (Lipinski definition) is 1. The molecule has 4 heterocycles. The van der Waals surface area contributed by atoms with E-state index in [1.54, 1.807) is 12.3 Å². The molecule has 7 heteroatoms. The minimum Gasteiger partial charge on any atom is -0.373 e. The van der Waals surface area contributed by atoms with Gasteiger partial charge in [-0.05, 0) is 48.9 Å². The van der Waals surface area contributed by atoms with E-state index in [0.717, 1.165) is 17.7 Å². The number of fused-ring (bicyclic) bond motifs is 5. The average molecular weight is 390 g/mol. The van der Waals surface area contributed by atoms with Gasteiger partial charge in [0.25, 0.3) is 0 Å². The number of anilines is 1. The van der Waals surface area contributed by atoms with Gasteiger partial charge in [-0.25, -0.2) is 4.98 Å². The fourth-order valence-corrected chi connectivity index (χ4v) is 4.95. The van der Waals surface area contributed by atoms with E-state index >= 15 is 0 Å². The number of aryl methyl sites for hydroxylation is 1. The summed E-state index contributed by atoms with van der Waals surface area (Å²) in [6.07, 6.45) is 4.59. The lowest BCUT2D eigenvalue weighted by atomic mass is 9.75. The molecule has 1 N–H and O–H groups in total. The number of pyridine rings is 2. The van der Waals surface area contributed by atoms with Crippen LogP contribution in [0.5, 0.6) is 0 Å².